The molecule has 2 N–H and O–H groups in total. The maximum absolute atomic E-state index is 12.5. The highest BCUT2D eigenvalue weighted by Gasteiger charge is 2.25. The van der Waals surface area contributed by atoms with Gasteiger partial charge in [0.2, 0.25) is 5.75 Å². The smallest absolute Gasteiger partial charge is 0.350 e. The maximum Gasteiger partial charge on any atom is 0.350 e. The number of benzene rings is 2. The Labute approximate surface area is 206 Å². The highest BCUT2D eigenvalue weighted by atomic mass is 32.1. The third-order valence-corrected chi connectivity index (χ3v) is 6.66. The fourth-order valence-corrected chi connectivity index (χ4v) is 4.78. The molecule has 0 amide bonds. The number of aromatic nitrogens is 2. The van der Waals surface area contributed by atoms with Crippen LogP contribution < -0.4 is 19.5 Å². The Hall–Kier alpha value is -3.92. The fourth-order valence-electron chi connectivity index (χ4n) is 3.76. The molecule has 0 aliphatic heterocycles. The monoisotopic (exact) mass is 497 g/mol. The lowest BCUT2D eigenvalue weighted by Crippen LogP contribution is -2.07. The number of imidazole rings is 1. The first kappa shape index (κ1) is 24.2. The van der Waals surface area contributed by atoms with E-state index in [0.29, 0.717) is 40.1 Å². The number of hydrogen-bond acceptors (Lipinski definition) is 9. The predicted octanol–water partition coefficient (Wildman–Crippen LogP) is 4.89. The number of anilines is 1. The molecular formula is C25H27N3O6S. The van der Waals surface area contributed by atoms with Gasteiger partial charge in [0.1, 0.15) is 22.1 Å². The molecule has 9 nitrogen and oxygen atoms in total. The number of esters is 1. The van der Waals surface area contributed by atoms with Crippen molar-refractivity contribution in [2.45, 2.75) is 20.4 Å². The van der Waals surface area contributed by atoms with Gasteiger partial charge in [0.15, 0.2) is 16.5 Å². The van der Waals surface area contributed by atoms with Crippen LogP contribution in [0.15, 0.2) is 36.4 Å². The van der Waals surface area contributed by atoms with Gasteiger partial charge in [-0.1, -0.05) is 23.5 Å². The Morgan fingerprint density at radius 1 is 1.09 bits per heavy atom. The topological polar surface area (TPSA) is 104 Å². The van der Waals surface area contributed by atoms with E-state index >= 15 is 0 Å². The number of fused-ring (bicyclic) bond motifs is 1. The predicted molar refractivity (Wildman–Crippen MR) is 134 cm³/mol. The van der Waals surface area contributed by atoms with Crippen molar-refractivity contribution in [2.75, 3.05) is 33.3 Å². The van der Waals surface area contributed by atoms with Crippen molar-refractivity contribution in [2.24, 2.45) is 0 Å². The van der Waals surface area contributed by atoms with Crippen LogP contribution in [0.5, 0.6) is 23.0 Å². The number of carbonyl (C=O) groups is 1. The maximum atomic E-state index is 12.5. The largest absolute Gasteiger partial charge is 0.502 e. The van der Waals surface area contributed by atoms with Crippen molar-refractivity contribution in [1.82, 2.24) is 9.38 Å². The first-order chi connectivity index (χ1) is 16.9. The zero-order valence-electron chi connectivity index (χ0n) is 20.2. The third kappa shape index (κ3) is 4.57. The molecule has 2 aromatic heterocycles. The van der Waals surface area contributed by atoms with Gasteiger partial charge in [0.25, 0.3) is 0 Å². The highest BCUT2D eigenvalue weighted by Crippen LogP contribution is 2.43. The van der Waals surface area contributed by atoms with Gasteiger partial charge in [-0.3, -0.25) is 4.40 Å². The van der Waals surface area contributed by atoms with E-state index in [1.54, 1.807) is 26.2 Å². The van der Waals surface area contributed by atoms with Crippen LogP contribution in [-0.2, 0) is 11.3 Å². The van der Waals surface area contributed by atoms with Crippen LogP contribution in [0.25, 0.3) is 16.2 Å². The molecule has 0 radical (unpaired) electrons. The first-order valence-electron chi connectivity index (χ1n) is 10.9. The van der Waals surface area contributed by atoms with Crippen LogP contribution in [0, 0.1) is 6.92 Å². The summed E-state index contributed by atoms with van der Waals surface area (Å²) in [6, 6.07) is 11.1. The fraction of sp³-hybridized carbons (Fsp3) is 0.280. The van der Waals surface area contributed by atoms with Crippen LogP contribution in [0.4, 0.5) is 5.82 Å². The van der Waals surface area contributed by atoms with Gasteiger partial charge < -0.3 is 29.4 Å². The van der Waals surface area contributed by atoms with Gasteiger partial charge in [-0.05, 0) is 43.7 Å². The molecule has 4 aromatic rings. The molecule has 0 aliphatic rings. The lowest BCUT2D eigenvalue weighted by Gasteiger charge is -2.13. The zero-order chi connectivity index (χ0) is 25.1. The van der Waals surface area contributed by atoms with E-state index in [-0.39, 0.29) is 23.2 Å². The van der Waals surface area contributed by atoms with E-state index in [0.717, 1.165) is 17.0 Å². The highest BCUT2D eigenvalue weighted by molar-refractivity contribution is 7.19. The number of thiazole rings is 1. The van der Waals surface area contributed by atoms with E-state index in [2.05, 4.69) is 5.32 Å². The normalized spacial score (nSPS) is 10.9. The van der Waals surface area contributed by atoms with E-state index in [4.69, 9.17) is 23.9 Å². The molecule has 0 unspecified atom stereocenters. The van der Waals surface area contributed by atoms with Crippen molar-refractivity contribution in [3.63, 3.8) is 0 Å². The summed E-state index contributed by atoms with van der Waals surface area (Å²) in [7, 11) is 4.58. The SMILES string of the molecule is CCOC(=O)c1sc2nc(-c3cc(OC)c(O)c(OC)c3)c(NCc3ccc(OC)cc3)n2c1C. The van der Waals surface area contributed by atoms with Gasteiger partial charge >= 0.3 is 5.97 Å². The summed E-state index contributed by atoms with van der Waals surface area (Å²) in [5.41, 5.74) is 3.06. The van der Waals surface area contributed by atoms with Crippen molar-refractivity contribution in [3.8, 4) is 34.3 Å². The number of hydrogen-bond donors (Lipinski definition) is 2. The number of aryl methyl sites for hydroxylation is 1. The molecule has 0 saturated heterocycles. The lowest BCUT2D eigenvalue weighted by molar-refractivity contribution is 0.0531. The average Bonchev–Trinajstić information content (AvgIpc) is 3.39. The van der Waals surface area contributed by atoms with Crippen LogP contribution in [0.1, 0.15) is 27.9 Å². The number of nitrogens with one attached hydrogen (secondary N) is 1. The second-order valence-electron chi connectivity index (χ2n) is 7.60. The van der Waals surface area contributed by atoms with Crippen molar-refractivity contribution < 1.29 is 28.8 Å². The Morgan fingerprint density at radius 3 is 2.31 bits per heavy atom. The molecule has 10 heteroatoms. The minimum atomic E-state index is -0.379. The number of rotatable bonds is 9. The Bertz CT molecular complexity index is 1340. The molecule has 2 aromatic carbocycles. The summed E-state index contributed by atoms with van der Waals surface area (Å²) < 4.78 is 23.1. The minimum absolute atomic E-state index is 0.0895. The molecular weight excluding hydrogens is 470 g/mol. The standard InChI is InChI=1S/C25H27N3O6S/c1-6-34-24(30)22-14(2)28-23(26-13-15-7-9-17(31-3)10-8-15)20(27-25(28)35-22)16-11-18(32-4)21(29)19(12-16)33-5/h7-12,26,29H,6,13H2,1-5H3. The number of carbonyl (C=O) groups excluding carboxylic acids is 1. The number of aromatic hydroxyl groups is 1. The molecule has 4 rings (SSSR count). The summed E-state index contributed by atoms with van der Waals surface area (Å²) in [5, 5.41) is 13.8. The molecule has 0 atom stereocenters. The molecule has 2 heterocycles. The Kier molecular flexibility index (Phi) is 7.02. The summed E-state index contributed by atoms with van der Waals surface area (Å²) in [4.78, 5) is 18.4. The summed E-state index contributed by atoms with van der Waals surface area (Å²) in [5.74, 6) is 1.53. The van der Waals surface area contributed by atoms with Gasteiger partial charge in [-0.2, -0.15) is 0 Å². The summed E-state index contributed by atoms with van der Waals surface area (Å²) in [6.07, 6.45) is 0. The average molecular weight is 498 g/mol. The van der Waals surface area contributed by atoms with Crippen molar-refractivity contribution >= 4 is 28.1 Å². The first-order valence-corrected chi connectivity index (χ1v) is 11.7. The lowest BCUT2D eigenvalue weighted by atomic mass is 10.1. The zero-order valence-corrected chi connectivity index (χ0v) is 21.0. The third-order valence-electron chi connectivity index (χ3n) is 5.54. The molecule has 0 aliphatic carbocycles. The number of phenolic OH excluding ortho intramolecular Hbond substituents is 1. The van der Waals surface area contributed by atoms with Gasteiger partial charge in [-0.25, -0.2) is 9.78 Å². The summed E-state index contributed by atoms with van der Waals surface area (Å²) >= 11 is 1.26. The van der Waals surface area contributed by atoms with Crippen molar-refractivity contribution in [3.05, 3.63) is 52.5 Å². The number of methoxy groups -OCH3 is 3. The van der Waals surface area contributed by atoms with Crippen molar-refractivity contribution in [1.29, 1.82) is 0 Å². The molecule has 0 saturated carbocycles. The Balaban J connectivity index is 1.84. The van der Waals surface area contributed by atoms with Gasteiger partial charge in [0, 0.05) is 17.8 Å². The molecule has 0 bridgehead atoms. The van der Waals surface area contributed by atoms with Crippen LogP contribution >= 0.6 is 11.3 Å². The van der Waals surface area contributed by atoms with E-state index in [1.165, 1.54) is 25.6 Å². The number of phenols is 1. The Morgan fingerprint density at radius 2 is 1.74 bits per heavy atom. The molecule has 184 valence electrons. The van der Waals surface area contributed by atoms with Gasteiger partial charge in [0.05, 0.1) is 27.9 Å². The molecule has 35 heavy (non-hydrogen) atoms. The van der Waals surface area contributed by atoms with Crippen LogP contribution in [-0.4, -0.2) is 48.4 Å². The summed E-state index contributed by atoms with van der Waals surface area (Å²) in [6.45, 7) is 4.43. The molecule has 0 fully saturated rings. The van der Waals surface area contributed by atoms with Crippen LogP contribution in [0.2, 0.25) is 0 Å². The number of ether oxygens (including phenoxy) is 4. The minimum Gasteiger partial charge on any atom is -0.502 e. The van der Waals surface area contributed by atoms with E-state index in [1.807, 2.05) is 35.6 Å². The number of nitrogens with zero attached hydrogens (tertiary/aromatic N) is 2. The van der Waals surface area contributed by atoms with E-state index < -0.39 is 0 Å². The van der Waals surface area contributed by atoms with E-state index in [9.17, 15) is 9.90 Å². The molecule has 0 spiro atoms. The quantitative estimate of drug-likeness (QED) is 0.315. The second kappa shape index (κ2) is 10.1. The second-order valence-corrected chi connectivity index (χ2v) is 8.57. The van der Waals surface area contributed by atoms with Gasteiger partial charge in [-0.15, -0.1) is 0 Å². The van der Waals surface area contributed by atoms with Crippen LogP contribution in [0.3, 0.4) is 0 Å².